The molecule has 0 saturated carbocycles. The standard InChI is InChI=1S/C17H19N5O2/c1-23-12-4-2-11(3-5-12)13-10-14(22-6-8-24-9-7-22)19-17-15(13)16(18)20-21-17/h2-5,10H,6-9H2,1H3,(H3,18,19,20,21). The molecular formula is C17H19N5O2. The van der Waals surface area contributed by atoms with Crippen LogP contribution in [0.2, 0.25) is 0 Å². The van der Waals surface area contributed by atoms with Gasteiger partial charge in [0.15, 0.2) is 5.65 Å². The highest BCUT2D eigenvalue weighted by molar-refractivity contribution is 6.01. The number of aromatic amines is 1. The normalized spacial score (nSPS) is 15.0. The third-order valence-corrected chi connectivity index (χ3v) is 4.27. The SMILES string of the molecule is COc1ccc(-c2cc(N3CCOCC3)nc3n[nH]c(N)c23)cc1. The van der Waals surface area contributed by atoms with Gasteiger partial charge < -0.3 is 20.1 Å². The van der Waals surface area contributed by atoms with Gasteiger partial charge in [-0.2, -0.15) is 5.10 Å². The third-order valence-electron chi connectivity index (χ3n) is 4.27. The lowest BCUT2D eigenvalue weighted by molar-refractivity contribution is 0.122. The van der Waals surface area contributed by atoms with Crippen molar-refractivity contribution in [3.8, 4) is 16.9 Å². The number of hydrogen-bond acceptors (Lipinski definition) is 6. The van der Waals surface area contributed by atoms with Crippen molar-refractivity contribution in [2.75, 3.05) is 44.0 Å². The number of H-pyrrole nitrogens is 1. The number of pyridine rings is 1. The Morgan fingerprint density at radius 1 is 1.21 bits per heavy atom. The number of nitrogens with one attached hydrogen (secondary N) is 1. The summed E-state index contributed by atoms with van der Waals surface area (Å²) in [5, 5.41) is 7.93. The number of nitrogen functional groups attached to an aromatic ring is 1. The number of ether oxygens (including phenoxy) is 2. The topological polar surface area (TPSA) is 89.3 Å². The molecular weight excluding hydrogens is 306 g/mol. The van der Waals surface area contributed by atoms with Crippen molar-refractivity contribution in [1.29, 1.82) is 0 Å². The molecule has 124 valence electrons. The number of fused-ring (bicyclic) bond motifs is 1. The molecule has 24 heavy (non-hydrogen) atoms. The van der Waals surface area contributed by atoms with Crippen LogP contribution in [-0.4, -0.2) is 48.6 Å². The van der Waals surface area contributed by atoms with Crippen molar-refractivity contribution in [1.82, 2.24) is 15.2 Å². The number of nitrogens with zero attached hydrogens (tertiary/aromatic N) is 3. The number of benzene rings is 1. The van der Waals surface area contributed by atoms with E-state index in [9.17, 15) is 0 Å². The first-order valence-electron chi connectivity index (χ1n) is 7.88. The maximum atomic E-state index is 6.08. The molecule has 0 spiro atoms. The zero-order chi connectivity index (χ0) is 16.5. The minimum Gasteiger partial charge on any atom is -0.497 e. The third kappa shape index (κ3) is 2.52. The van der Waals surface area contributed by atoms with E-state index in [4.69, 9.17) is 15.2 Å². The summed E-state index contributed by atoms with van der Waals surface area (Å²) in [6, 6.07) is 9.98. The van der Waals surface area contributed by atoms with E-state index in [-0.39, 0.29) is 0 Å². The van der Waals surface area contributed by atoms with Gasteiger partial charge in [0.05, 0.1) is 25.7 Å². The zero-order valence-electron chi connectivity index (χ0n) is 13.5. The van der Waals surface area contributed by atoms with Crippen LogP contribution in [0.3, 0.4) is 0 Å². The highest BCUT2D eigenvalue weighted by Gasteiger charge is 2.18. The fraction of sp³-hybridized carbons (Fsp3) is 0.294. The molecule has 0 amide bonds. The molecule has 1 aliphatic heterocycles. The maximum Gasteiger partial charge on any atom is 0.185 e. The Morgan fingerprint density at radius 2 is 1.96 bits per heavy atom. The molecule has 2 aromatic heterocycles. The number of methoxy groups -OCH3 is 1. The number of anilines is 2. The minimum absolute atomic E-state index is 0.525. The molecule has 3 heterocycles. The van der Waals surface area contributed by atoms with Gasteiger partial charge in [-0.1, -0.05) is 12.1 Å². The van der Waals surface area contributed by atoms with Crippen LogP contribution in [0.1, 0.15) is 0 Å². The van der Waals surface area contributed by atoms with E-state index in [0.29, 0.717) is 24.7 Å². The summed E-state index contributed by atoms with van der Waals surface area (Å²) in [6.45, 7) is 3.06. The van der Waals surface area contributed by atoms with Gasteiger partial charge in [0.25, 0.3) is 0 Å². The second-order valence-electron chi connectivity index (χ2n) is 5.69. The number of morpholine rings is 1. The maximum absolute atomic E-state index is 6.08. The Morgan fingerprint density at radius 3 is 2.67 bits per heavy atom. The van der Waals surface area contributed by atoms with Gasteiger partial charge in [0, 0.05) is 18.7 Å². The number of aromatic nitrogens is 3. The first-order chi connectivity index (χ1) is 11.8. The van der Waals surface area contributed by atoms with Gasteiger partial charge in [-0.05, 0) is 23.8 Å². The summed E-state index contributed by atoms with van der Waals surface area (Å²) in [6.07, 6.45) is 0. The first-order valence-corrected chi connectivity index (χ1v) is 7.88. The lowest BCUT2D eigenvalue weighted by Crippen LogP contribution is -2.36. The van der Waals surface area contributed by atoms with Gasteiger partial charge >= 0.3 is 0 Å². The van der Waals surface area contributed by atoms with E-state index in [1.54, 1.807) is 7.11 Å². The molecule has 0 atom stereocenters. The summed E-state index contributed by atoms with van der Waals surface area (Å²) < 4.78 is 10.7. The molecule has 4 rings (SSSR count). The fourth-order valence-corrected chi connectivity index (χ4v) is 2.99. The predicted octanol–water partition coefficient (Wildman–Crippen LogP) is 2.05. The van der Waals surface area contributed by atoms with Crippen molar-refractivity contribution in [2.45, 2.75) is 0 Å². The molecule has 0 unspecified atom stereocenters. The average Bonchev–Trinajstić information content (AvgIpc) is 3.03. The average molecular weight is 325 g/mol. The predicted molar refractivity (Wildman–Crippen MR) is 93.3 cm³/mol. The van der Waals surface area contributed by atoms with Crippen LogP contribution in [0.25, 0.3) is 22.2 Å². The lowest BCUT2D eigenvalue weighted by Gasteiger charge is -2.28. The molecule has 1 fully saturated rings. The second kappa shape index (κ2) is 6.01. The van der Waals surface area contributed by atoms with Gasteiger partial charge in [-0.3, -0.25) is 5.10 Å². The van der Waals surface area contributed by atoms with E-state index in [0.717, 1.165) is 41.2 Å². The highest BCUT2D eigenvalue weighted by atomic mass is 16.5. The molecule has 3 aromatic rings. The summed E-state index contributed by atoms with van der Waals surface area (Å²) in [7, 11) is 1.66. The largest absolute Gasteiger partial charge is 0.497 e. The van der Waals surface area contributed by atoms with Gasteiger partial charge in [0.1, 0.15) is 17.4 Å². The van der Waals surface area contributed by atoms with Crippen LogP contribution in [-0.2, 0) is 4.74 Å². The minimum atomic E-state index is 0.525. The van der Waals surface area contributed by atoms with Crippen LogP contribution >= 0.6 is 0 Å². The van der Waals surface area contributed by atoms with Crippen LogP contribution < -0.4 is 15.4 Å². The first kappa shape index (κ1) is 14.8. The summed E-state index contributed by atoms with van der Waals surface area (Å²) in [4.78, 5) is 6.87. The Balaban J connectivity index is 1.85. The van der Waals surface area contributed by atoms with E-state index in [1.165, 1.54) is 0 Å². The Labute approximate surface area is 139 Å². The van der Waals surface area contributed by atoms with Crippen LogP contribution in [0.5, 0.6) is 5.75 Å². The number of nitrogens with two attached hydrogens (primary N) is 1. The summed E-state index contributed by atoms with van der Waals surface area (Å²) >= 11 is 0. The second-order valence-corrected chi connectivity index (χ2v) is 5.69. The van der Waals surface area contributed by atoms with Crippen molar-refractivity contribution < 1.29 is 9.47 Å². The number of rotatable bonds is 3. The fourth-order valence-electron chi connectivity index (χ4n) is 2.99. The Bertz CT molecular complexity index is 853. The zero-order valence-corrected chi connectivity index (χ0v) is 13.5. The molecule has 7 heteroatoms. The van der Waals surface area contributed by atoms with E-state index in [2.05, 4.69) is 26.1 Å². The Kier molecular flexibility index (Phi) is 3.70. The monoisotopic (exact) mass is 325 g/mol. The molecule has 0 aliphatic carbocycles. The van der Waals surface area contributed by atoms with Crippen molar-refractivity contribution in [2.24, 2.45) is 0 Å². The summed E-state index contributed by atoms with van der Waals surface area (Å²) in [5.74, 6) is 2.23. The van der Waals surface area contributed by atoms with Gasteiger partial charge in [-0.15, -0.1) is 0 Å². The van der Waals surface area contributed by atoms with Crippen molar-refractivity contribution in [3.63, 3.8) is 0 Å². The van der Waals surface area contributed by atoms with Crippen LogP contribution in [0, 0.1) is 0 Å². The smallest absolute Gasteiger partial charge is 0.185 e. The molecule has 0 bridgehead atoms. The quantitative estimate of drug-likeness (QED) is 0.766. The Hall–Kier alpha value is -2.80. The van der Waals surface area contributed by atoms with E-state index >= 15 is 0 Å². The molecule has 1 aliphatic rings. The van der Waals surface area contributed by atoms with Crippen molar-refractivity contribution in [3.05, 3.63) is 30.3 Å². The highest BCUT2D eigenvalue weighted by Crippen LogP contribution is 2.34. The number of hydrogen-bond donors (Lipinski definition) is 2. The van der Waals surface area contributed by atoms with E-state index in [1.807, 2.05) is 24.3 Å². The molecule has 0 radical (unpaired) electrons. The summed E-state index contributed by atoms with van der Waals surface area (Å²) in [5.41, 5.74) is 8.77. The lowest BCUT2D eigenvalue weighted by atomic mass is 10.0. The van der Waals surface area contributed by atoms with Gasteiger partial charge in [-0.25, -0.2) is 4.98 Å². The molecule has 7 nitrogen and oxygen atoms in total. The van der Waals surface area contributed by atoms with Crippen LogP contribution in [0.4, 0.5) is 11.6 Å². The van der Waals surface area contributed by atoms with Crippen LogP contribution in [0.15, 0.2) is 30.3 Å². The van der Waals surface area contributed by atoms with E-state index < -0.39 is 0 Å². The van der Waals surface area contributed by atoms with Gasteiger partial charge in [0.2, 0.25) is 0 Å². The van der Waals surface area contributed by atoms with Crippen molar-refractivity contribution >= 4 is 22.7 Å². The molecule has 1 saturated heterocycles. The molecule has 3 N–H and O–H groups in total. The molecule has 1 aromatic carbocycles.